The molecule has 1 rings (SSSR count). The number of hydrogen-bond acceptors (Lipinski definition) is 4. The molecule has 18 heavy (non-hydrogen) atoms. The molecule has 1 aliphatic heterocycles. The first-order valence-corrected chi connectivity index (χ1v) is 6.35. The van der Waals surface area contributed by atoms with Gasteiger partial charge in [-0.25, -0.2) is 4.79 Å². The van der Waals surface area contributed by atoms with Crippen LogP contribution in [0.5, 0.6) is 0 Å². The fourth-order valence-corrected chi connectivity index (χ4v) is 2.41. The monoisotopic (exact) mass is 258 g/mol. The Hall–Kier alpha value is -1.30. The van der Waals surface area contributed by atoms with Gasteiger partial charge in [-0.05, 0) is 20.8 Å². The Kier molecular flexibility index (Phi) is 5.40. The number of rotatable bonds is 4. The van der Waals surface area contributed by atoms with E-state index in [1.807, 2.05) is 13.8 Å². The number of carbonyl (C=O) groups excluding carboxylic acids is 1. The van der Waals surface area contributed by atoms with Crippen molar-refractivity contribution in [3.63, 3.8) is 0 Å². The molecule has 0 aromatic carbocycles. The highest BCUT2D eigenvalue weighted by atomic mass is 16.5. The van der Waals surface area contributed by atoms with Crippen LogP contribution in [0, 0.1) is 0 Å². The van der Waals surface area contributed by atoms with Crippen molar-refractivity contribution in [1.82, 2.24) is 9.80 Å². The van der Waals surface area contributed by atoms with Crippen LogP contribution in [-0.4, -0.2) is 65.3 Å². The van der Waals surface area contributed by atoms with Crippen molar-refractivity contribution in [1.29, 1.82) is 0 Å². The lowest BCUT2D eigenvalue weighted by molar-refractivity contribution is -0.143. The minimum Gasteiger partial charge on any atom is -0.466 e. The third-order valence-electron chi connectivity index (χ3n) is 3.25. The van der Waals surface area contributed by atoms with E-state index in [1.54, 1.807) is 6.92 Å². The number of esters is 1. The zero-order valence-electron chi connectivity index (χ0n) is 11.3. The van der Waals surface area contributed by atoms with Crippen LogP contribution in [0.25, 0.3) is 0 Å². The summed E-state index contributed by atoms with van der Waals surface area (Å²) in [5.74, 6) is -0.197. The molecule has 0 unspecified atom stereocenters. The van der Waals surface area contributed by atoms with Crippen LogP contribution in [0.4, 0.5) is 4.79 Å². The van der Waals surface area contributed by atoms with Gasteiger partial charge in [0, 0.05) is 31.7 Å². The van der Waals surface area contributed by atoms with Gasteiger partial charge in [0.05, 0.1) is 13.0 Å². The molecule has 2 atom stereocenters. The van der Waals surface area contributed by atoms with Crippen molar-refractivity contribution in [3.05, 3.63) is 0 Å². The van der Waals surface area contributed by atoms with Gasteiger partial charge < -0.3 is 14.7 Å². The van der Waals surface area contributed by atoms with Crippen LogP contribution in [0.1, 0.15) is 27.2 Å². The third kappa shape index (κ3) is 3.87. The van der Waals surface area contributed by atoms with E-state index in [0.29, 0.717) is 32.7 Å². The van der Waals surface area contributed by atoms with Crippen molar-refractivity contribution in [3.8, 4) is 0 Å². The lowest BCUT2D eigenvalue weighted by atomic mass is 10.1. The number of piperazine rings is 1. The highest BCUT2D eigenvalue weighted by Gasteiger charge is 2.31. The lowest BCUT2D eigenvalue weighted by Gasteiger charge is -2.43. The number of carboxylic acid groups (broad SMARTS) is 1. The molecule has 6 heteroatoms. The summed E-state index contributed by atoms with van der Waals surface area (Å²) in [5, 5.41) is 8.98. The standard InChI is InChI=1S/C12H22N2O4/c1-4-18-11(15)5-6-14-9(2)7-13(12(16)17)8-10(14)3/h9-10H,4-8H2,1-3H3,(H,16,17)/t9-,10+. The average Bonchev–Trinajstić information content (AvgIpc) is 2.27. The van der Waals surface area contributed by atoms with Crippen molar-refractivity contribution in [2.75, 3.05) is 26.2 Å². The van der Waals surface area contributed by atoms with Crippen LogP contribution < -0.4 is 0 Å². The molecule has 1 aliphatic rings. The van der Waals surface area contributed by atoms with Gasteiger partial charge in [0.1, 0.15) is 0 Å². The van der Waals surface area contributed by atoms with Gasteiger partial charge in [-0.3, -0.25) is 9.69 Å². The van der Waals surface area contributed by atoms with E-state index in [-0.39, 0.29) is 18.1 Å². The first-order valence-electron chi connectivity index (χ1n) is 6.35. The zero-order valence-corrected chi connectivity index (χ0v) is 11.3. The van der Waals surface area contributed by atoms with Gasteiger partial charge in [-0.15, -0.1) is 0 Å². The second kappa shape index (κ2) is 6.58. The molecule has 1 amide bonds. The Morgan fingerprint density at radius 1 is 1.28 bits per heavy atom. The van der Waals surface area contributed by atoms with Gasteiger partial charge in [-0.1, -0.05) is 0 Å². The molecule has 1 N–H and O–H groups in total. The Morgan fingerprint density at radius 2 is 1.83 bits per heavy atom. The first-order chi connectivity index (χ1) is 8.45. The predicted molar refractivity (Wildman–Crippen MR) is 66.5 cm³/mol. The molecule has 0 aliphatic carbocycles. The van der Waals surface area contributed by atoms with E-state index in [4.69, 9.17) is 9.84 Å². The van der Waals surface area contributed by atoms with Crippen molar-refractivity contribution in [2.24, 2.45) is 0 Å². The first kappa shape index (κ1) is 14.8. The van der Waals surface area contributed by atoms with E-state index in [2.05, 4.69) is 4.90 Å². The molecule has 104 valence electrons. The van der Waals surface area contributed by atoms with Crippen molar-refractivity contribution >= 4 is 12.1 Å². The maximum absolute atomic E-state index is 11.3. The van der Waals surface area contributed by atoms with Crippen LogP contribution in [0.3, 0.4) is 0 Å². The maximum atomic E-state index is 11.3. The molecule has 1 fully saturated rings. The fraction of sp³-hybridized carbons (Fsp3) is 0.833. The summed E-state index contributed by atoms with van der Waals surface area (Å²) in [6, 6.07) is 0.249. The maximum Gasteiger partial charge on any atom is 0.407 e. The van der Waals surface area contributed by atoms with E-state index in [0.717, 1.165) is 0 Å². The zero-order chi connectivity index (χ0) is 13.7. The van der Waals surface area contributed by atoms with E-state index in [1.165, 1.54) is 4.90 Å². The summed E-state index contributed by atoms with van der Waals surface area (Å²) in [5.41, 5.74) is 0. The molecule has 0 radical (unpaired) electrons. The minimum atomic E-state index is -0.876. The van der Waals surface area contributed by atoms with Gasteiger partial charge in [-0.2, -0.15) is 0 Å². The summed E-state index contributed by atoms with van der Waals surface area (Å²) >= 11 is 0. The number of nitrogens with zero attached hydrogens (tertiary/aromatic N) is 2. The van der Waals surface area contributed by atoms with Crippen LogP contribution >= 0.6 is 0 Å². The highest BCUT2D eigenvalue weighted by molar-refractivity contribution is 5.69. The molecule has 0 aromatic heterocycles. The SMILES string of the molecule is CCOC(=O)CCN1[C@H](C)CN(C(=O)O)C[C@@H]1C. The third-order valence-corrected chi connectivity index (χ3v) is 3.25. The molecule has 0 aromatic rings. The Morgan fingerprint density at radius 3 is 2.28 bits per heavy atom. The van der Waals surface area contributed by atoms with Crippen molar-refractivity contribution in [2.45, 2.75) is 39.3 Å². The van der Waals surface area contributed by atoms with Gasteiger partial charge in [0.2, 0.25) is 0 Å². The summed E-state index contributed by atoms with van der Waals surface area (Å²) in [6.07, 6.45) is -0.519. The number of ether oxygens (including phenoxy) is 1. The summed E-state index contributed by atoms with van der Waals surface area (Å²) < 4.78 is 4.89. The summed E-state index contributed by atoms with van der Waals surface area (Å²) in [4.78, 5) is 25.8. The van der Waals surface area contributed by atoms with Crippen LogP contribution in [0.2, 0.25) is 0 Å². The Balaban J connectivity index is 2.47. The summed E-state index contributed by atoms with van der Waals surface area (Å²) in [7, 11) is 0. The van der Waals surface area contributed by atoms with Crippen LogP contribution in [-0.2, 0) is 9.53 Å². The molecule has 0 bridgehead atoms. The van der Waals surface area contributed by atoms with Gasteiger partial charge in [0.15, 0.2) is 0 Å². The topological polar surface area (TPSA) is 70.1 Å². The summed E-state index contributed by atoms with van der Waals surface area (Å²) in [6.45, 7) is 7.75. The number of amides is 1. The molecule has 0 saturated carbocycles. The normalized spacial score (nSPS) is 24.9. The van der Waals surface area contributed by atoms with Gasteiger partial charge in [0.25, 0.3) is 0 Å². The minimum absolute atomic E-state index is 0.124. The van der Waals surface area contributed by atoms with Crippen molar-refractivity contribution < 1.29 is 19.4 Å². The largest absolute Gasteiger partial charge is 0.466 e. The van der Waals surface area contributed by atoms with E-state index in [9.17, 15) is 9.59 Å². The molecule has 0 spiro atoms. The molecule has 6 nitrogen and oxygen atoms in total. The van der Waals surface area contributed by atoms with Gasteiger partial charge >= 0.3 is 12.1 Å². The number of carbonyl (C=O) groups is 2. The van der Waals surface area contributed by atoms with E-state index < -0.39 is 6.09 Å². The lowest BCUT2D eigenvalue weighted by Crippen LogP contribution is -2.58. The molecular weight excluding hydrogens is 236 g/mol. The Bertz CT molecular complexity index is 296. The van der Waals surface area contributed by atoms with E-state index >= 15 is 0 Å². The molecular formula is C12H22N2O4. The van der Waals surface area contributed by atoms with Crippen LogP contribution in [0.15, 0.2) is 0 Å². The molecule has 1 heterocycles. The predicted octanol–water partition coefficient (Wildman–Crippen LogP) is 1.01. The fourth-order valence-electron chi connectivity index (χ4n) is 2.41. The second-order valence-corrected chi connectivity index (χ2v) is 4.68. The quantitative estimate of drug-likeness (QED) is 0.762. The second-order valence-electron chi connectivity index (χ2n) is 4.68. The average molecular weight is 258 g/mol. The molecule has 1 saturated heterocycles. The number of hydrogen-bond donors (Lipinski definition) is 1. The highest BCUT2D eigenvalue weighted by Crippen LogP contribution is 2.16. The Labute approximate surface area is 107 Å². The smallest absolute Gasteiger partial charge is 0.407 e.